The Morgan fingerprint density at radius 3 is 2.56 bits per heavy atom. The van der Waals surface area contributed by atoms with Crippen molar-refractivity contribution in [2.75, 3.05) is 0 Å². The van der Waals surface area contributed by atoms with E-state index in [0.717, 1.165) is 33.2 Å². The number of aryl methyl sites for hydroxylation is 1. The fourth-order valence-electron chi connectivity index (χ4n) is 5.04. The van der Waals surface area contributed by atoms with Crippen LogP contribution in [0.5, 0.6) is 0 Å². The average Bonchev–Trinajstić information content (AvgIpc) is 3.23. The van der Waals surface area contributed by atoms with Crippen LogP contribution in [0.15, 0.2) is 76.6 Å². The quantitative estimate of drug-likeness (QED) is 0.356. The summed E-state index contributed by atoms with van der Waals surface area (Å²) in [6.07, 6.45) is 1.54. The van der Waals surface area contributed by atoms with Crippen molar-refractivity contribution in [3.05, 3.63) is 105 Å². The maximum atomic E-state index is 13.3. The van der Waals surface area contributed by atoms with Gasteiger partial charge in [-0.15, -0.1) is 0 Å². The van der Waals surface area contributed by atoms with Gasteiger partial charge in [0.05, 0.1) is 27.6 Å². The molecular formula is C28H21N5O3. The first kappa shape index (κ1) is 21.5. The molecule has 8 nitrogen and oxygen atoms in total. The second-order valence-electron chi connectivity index (χ2n) is 8.83. The molecule has 6 rings (SSSR count). The fraction of sp³-hybridized carbons (Fsp3) is 0.0714. The van der Waals surface area contributed by atoms with Crippen LogP contribution in [0, 0.1) is 13.8 Å². The van der Waals surface area contributed by atoms with Crippen molar-refractivity contribution < 1.29 is 4.79 Å². The molecular weight excluding hydrogens is 454 g/mol. The van der Waals surface area contributed by atoms with Crippen LogP contribution in [0.3, 0.4) is 0 Å². The van der Waals surface area contributed by atoms with Crippen LogP contribution in [0.2, 0.25) is 0 Å². The second kappa shape index (κ2) is 7.78. The summed E-state index contributed by atoms with van der Waals surface area (Å²) in [5.41, 5.74) is 11.4. The fourth-order valence-corrected chi connectivity index (χ4v) is 5.04. The van der Waals surface area contributed by atoms with E-state index in [-0.39, 0.29) is 16.7 Å². The van der Waals surface area contributed by atoms with Crippen molar-refractivity contribution in [1.29, 1.82) is 0 Å². The van der Waals surface area contributed by atoms with Gasteiger partial charge in [-0.25, -0.2) is 4.98 Å². The third-order valence-electron chi connectivity index (χ3n) is 6.70. The number of primary amides is 1. The molecule has 176 valence electrons. The molecule has 0 saturated carbocycles. The summed E-state index contributed by atoms with van der Waals surface area (Å²) in [5, 5.41) is 2.11. The highest BCUT2D eigenvalue weighted by Gasteiger charge is 2.21. The maximum Gasteiger partial charge on any atom is 0.267 e. The number of rotatable bonds is 3. The van der Waals surface area contributed by atoms with Crippen LogP contribution in [0.1, 0.15) is 21.7 Å². The van der Waals surface area contributed by atoms with Crippen LogP contribution < -0.4 is 16.7 Å². The number of aromatic amines is 2. The number of hydrogen-bond acceptors (Lipinski definition) is 4. The van der Waals surface area contributed by atoms with E-state index in [1.54, 1.807) is 23.0 Å². The molecule has 6 aromatic rings. The minimum Gasteiger partial charge on any atom is -0.364 e. The van der Waals surface area contributed by atoms with E-state index in [0.29, 0.717) is 27.6 Å². The van der Waals surface area contributed by atoms with E-state index in [1.807, 2.05) is 50.2 Å². The lowest BCUT2D eigenvalue weighted by Crippen LogP contribution is -2.19. The van der Waals surface area contributed by atoms with Gasteiger partial charge in [-0.2, -0.15) is 0 Å². The summed E-state index contributed by atoms with van der Waals surface area (Å²) in [6, 6.07) is 17.7. The summed E-state index contributed by atoms with van der Waals surface area (Å²) in [7, 11) is 0. The molecule has 8 heteroatoms. The summed E-state index contributed by atoms with van der Waals surface area (Å²) in [6.45, 7) is 3.82. The molecule has 0 atom stereocenters. The molecule has 36 heavy (non-hydrogen) atoms. The summed E-state index contributed by atoms with van der Waals surface area (Å²) < 4.78 is 1.55. The highest BCUT2D eigenvalue weighted by molar-refractivity contribution is 6.19. The number of fused-ring (bicyclic) bond motifs is 4. The van der Waals surface area contributed by atoms with Crippen LogP contribution in [-0.2, 0) is 0 Å². The number of nitrogens with zero attached hydrogens (tertiary/aromatic N) is 2. The number of nitrogens with two attached hydrogens (primary N) is 1. The Labute approximate surface area is 204 Å². The molecule has 3 aromatic carbocycles. The van der Waals surface area contributed by atoms with Gasteiger partial charge in [0, 0.05) is 28.1 Å². The van der Waals surface area contributed by atoms with Crippen molar-refractivity contribution in [1.82, 2.24) is 19.5 Å². The maximum absolute atomic E-state index is 13.3. The number of H-pyrrole nitrogens is 2. The first-order chi connectivity index (χ1) is 17.3. The number of aromatic nitrogens is 4. The van der Waals surface area contributed by atoms with Crippen LogP contribution in [-0.4, -0.2) is 25.4 Å². The monoisotopic (exact) mass is 475 g/mol. The zero-order chi connectivity index (χ0) is 25.1. The molecule has 3 aromatic heterocycles. The van der Waals surface area contributed by atoms with Crippen molar-refractivity contribution in [3.8, 4) is 16.8 Å². The van der Waals surface area contributed by atoms with Crippen molar-refractivity contribution >= 4 is 38.6 Å². The Morgan fingerprint density at radius 1 is 0.944 bits per heavy atom. The lowest BCUT2D eigenvalue weighted by molar-refractivity contribution is 0.0997. The van der Waals surface area contributed by atoms with Crippen molar-refractivity contribution in [2.45, 2.75) is 13.8 Å². The van der Waals surface area contributed by atoms with Gasteiger partial charge in [-0.05, 0) is 55.3 Å². The Bertz CT molecular complexity index is 2000. The van der Waals surface area contributed by atoms with Gasteiger partial charge in [-0.3, -0.25) is 19.0 Å². The number of para-hydroxylation sites is 1. The molecule has 0 fully saturated rings. The topological polar surface area (TPSA) is 127 Å². The van der Waals surface area contributed by atoms with E-state index in [1.165, 1.54) is 12.1 Å². The SMILES string of the molecule is Cc1[nH]c(C(N)=O)c2[nH]c3cc(=O)ccc3c2c1-c1cccc(-n2cnc3ccccc3c2=O)c1C. The average molecular weight is 476 g/mol. The predicted molar refractivity (Wildman–Crippen MR) is 141 cm³/mol. The number of nitrogens with one attached hydrogen (secondary N) is 2. The normalized spacial score (nSPS) is 11.5. The number of pyridine rings is 1. The number of carbonyl (C=O) groups is 1. The standard InChI is InChI=1S/C28H21N5O3/c1-14-17(7-5-9-22(14)33-13-30-20-8-4-3-6-19(20)28(33)36)23-15(2)31-26(27(29)35)25-24(23)18-11-10-16(34)12-21(18)32-25/h3-13,31-32H,1-2H3,(H2,29,35). The van der Waals surface area contributed by atoms with Gasteiger partial charge >= 0.3 is 0 Å². The Hall–Kier alpha value is -4.98. The zero-order valence-electron chi connectivity index (χ0n) is 19.5. The predicted octanol–water partition coefficient (Wildman–Crippen LogP) is 4.09. The van der Waals surface area contributed by atoms with E-state index < -0.39 is 5.91 Å². The van der Waals surface area contributed by atoms with Crippen molar-refractivity contribution in [3.63, 3.8) is 0 Å². The van der Waals surface area contributed by atoms with Gasteiger partial charge in [0.15, 0.2) is 5.43 Å². The minimum absolute atomic E-state index is 0.140. The molecule has 0 aliphatic rings. The van der Waals surface area contributed by atoms with Gasteiger partial charge in [0.1, 0.15) is 12.0 Å². The summed E-state index contributed by atoms with van der Waals surface area (Å²) in [5.74, 6) is -0.609. The Kier molecular flexibility index (Phi) is 4.65. The van der Waals surface area contributed by atoms with Gasteiger partial charge in [-0.1, -0.05) is 24.3 Å². The molecule has 0 spiro atoms. The molecule has 3 heterocycles. The van der Waals surface area contributed by atoms with E-state index in [4.69, 9.17) is 5.73 Å². The van der Waals surface area contributed by atoms with Crippen LogP contribution in [0.4, 0.5) is 0 Å². The number of hydrogen-bond donors (Lipinski definition) is 3. The van der Waals surface area contributed by atoms with Gasteiger partial charge < -0.3 is 15.7 Å². The molecule has 1 amide bonds. The van der Waals surface area contributed by atoms with E-state index in [9.17, 15) is 14.4 Å². The summed E-state index contributed by atoms with van der Waals surface area (Å²) >= 11 is 0. The minimum atomic E-state index is -0.609. The molecule has 0 aliphatic carbocycles. The third-order valence-corrected chi connectivity index (χ3v) is 6.70. The number of benzene rings is 3. The summed E-state index contributed by atoms with van der Waals surface area (Å²) in [4.78, 5) is 48.4. The van der Waals surface area contributed by atoms with Crippen LogP contribution >= 0.6 is 0 Å². The Morgan fingerprint density at radius 2 is 1.75 bits per heavy atom. The highest BCUT2D eigenvalue weighted by Crippen LogP contribution is 2.39. The lowest BCUT2D eigenvalue weighted by Gasteiger charge is -2.17. The first-order valence-electron chi connectivity index (χ1n) is 11.4. The molecule has 0 unspecified atom stereocenters. The van der Waals surface area contributed by atoms with Crippen LogP contribution in [0.25, 0.3) is 49.5 Å². The smallest absolute Gasteiger partial charge is 0.267 e. The number of amides is 1. The largest absolute Gasteiger partial charge is 0.364 e. The lowest BCUT2D eigenvalue weighted by atomic mass is 9.93. The van der Waals surface area contributed by atoms with E-state index >= 15 is 0 Å². The van der Waals surface area contributed by atoms with Gasteiger partial charge in [0.25, 0.3) is 11.5 Å². The first-order valence-corrected chi connectivity index (χ1v) is 11.4. The van der Waals surface area contributed by atoms with E-state index in [2.05, 4.69) is 15.0 Å². The third kappa shape index (κ3) is 3.08. The molecule has 4 N–H and O–H groups in total. The van der Waals surface area contributed by atoms with Crippen molar-refractivity contribution in [2.24, 2.45) is 5.73 Å². The molecule has 0 saturated heterocycles. The molecule has 0 bridgehead atoms. The number of carbonyl (C=O) groups excluding carboxylic acids is 1. The molecule has 0 radical (unpaired) electrons. The second-order valence-corrected chi connectivity index (χ2v) is 8.83. The molecule has 0 aliphatic heterocycles. The highest BCUT2D eigenvalue weighted by atomic mass is 16.1. The Balaban J connectivity index is 1.70. The zero-order valence-corrected chi connectivity index (χ0v) is 19.5. The van der Waals surface area contributed by atoms with Gasteiger partial charge in [0.2, 0.25) is 0 Å².